The number of amides is 1. The average Bonchev–Trinajstić information content (AvgIpc) is 2.75. The first-order chi connectivity index (χ1) is 14.9. The number of carbonyl (C=O) groups excluding carboxylic acids is 2. The van der Waals surface area contributed by atoms with Crippen LogP contribution in [0.4, 0.5) is 4.39 Å². The fraction of sp³-hybridized carbons (Fsp3) is 0.417. The minimum Gasteiger partial charge on any atom is -0.496 e. The monoisotopic (exact) mass is 427 g/mol. The fourth-order valence-electron chi connectivity index (χ4n) is 3.81. The molecule has 0 unspecified atom stereocenters. The highest BCUT2D eigenvalue weighted by Gasteiger charge is 2.23. The standard InChI is InChI=1S/C24H30FN3O3/c1-18(29)22(14-19-6-4-3-5-7-19)26-24(30)17-28-12-10-27(11-13-28)16-20-15-21(25)8-9-23(20)31-2/h3-9,15,22H,10-14,16-17H2,1-2H3,(H,26,30)/t22-/m1/s1. The van der Waals surface area contributed by atoms with Gasteiger partial charge in [0, 0.05) is 38.3 Å². The molecule has 166 valence electrons. The van der Waals surface area contributed by atoms with Crippen molar-refractivity contribution in [3.63, 3.8) is 0 Å². The van der Waals surface area contributed by atoms with Gasteiger partial charge in [0.2, 0.25) is 5.91 Å². The third-order valence-electron chi connectivity index (χ3n) is 5.58. The first-order valence-electron chi connectivity index (χ1n) is 10.6. The summed E-state index contributed by atoms with van der Waals surface area (Å²) in [5.41, 5.74) is 1.84. The number of ether oxygens (including phenoxy) is 1. The maximum Gasteiger partial charge on any atom is 0.234 e. The molecular weight excluding hydrogens is 397 g/mol. The molecule has 1 heterocycles. The van der Waals surface area contributed by atoms with Crippen molar-refractivity contribution in [1.29, 1.82) is 0 Å². The number of benzene rings is 2. The summed E-state index contributed by atoms with van der Waals surface area (Å²) in [5.74, 6) is 0.209. The van der Waals surface area contributed by atoms with Crippen LogP contribution in [0.2, 0.25) is 0 Å². The molecule has 0 bridgehead atoms. The van der Waals surface area contributed by atoms with Gasteiger partial charge in [-0.2, -0.15) is 0 Å². The molecule has 1 amide bonds. The van der Waals surface area contributed by atoms with Crippen LogP contribution in [0.3, 0.4) is 0 Å². The van der Waals surface area contributed by atoms with E-state index in [1.165, 1.54) is 19.1 Å². The number of rotatable bonds is 9. The summed E-state index contributed by atoms with van der Waals surface area (Å²) >= 11 is 0. The predicted molar refractivity (Wildman–Crippen MR) is 117 cm³/mol. The Morgan fingerprint density at radius 1 is 1.06 bits per heavy atom. The maximum atomic E-state index is 13.6. The van der Waals surface area contributed by atoms with Crippen LogP contribution in [0.15, 0.2) is 48.5 Å². The minimum atomic E-state index is -0.517. The first-order valence-corrected chi connectivity index (χ1v) is 10.6. The Bertz CT molecular complexity index is 883. The second kappa shape index (κ2) is 11.0. The molecule has 0 saturated carbocycles. The van der Waals surface area contributed by atoms with Crippen LogP contribution in [-0.2, 0) is 22.6 Å². The van der Waals surface area contributed by atoms with Crippen LogP contribution in [0.5, 0.6) is 5.75 Å². The molecule has 0 aromatic heterocycles. The van der Waals surface area contributed by atoms with Gasteiger partial charge >= 0.3 is 0 Å². The number of piperazine rings is 1. The van der Waals surface area contributed by atoms with Gasteiger partial charge in [0.25, 0.3) is 0 Å². The first kappa shape index (κ1) is 22.9. The summed E-state index contributed by atoms with van der Waals surface area (Å²) in [7, 11) is 1.58. The van der Waals surface area contributed by atoms with E-state index in [0.29, 0.717) is 18.7 Å². The van der Waals surface area contributed by atoms with Crippen molar-refractivity contribution < 1.29 is 18.7 Å². The van der Waals surface area contributed by atoms with Crippen molar-refractivity contribution in [2.75, 3.05) is 39.8 Å². The highest BCUT2D eigenvalue weighted by atomic mass is 19.1. The smallest absolute Gasteiger partial charge is 0.234 e. The van der Waals surface area contributed by atoms with Crippen LogP contribution >= 0.6 is 0 Å². The van der Waals surface area contributed by atoms with Crippen molar-refractivity contribution in [1.82, 2.24) is 15.1 Å². The van der Waals surface area contributed by atoms with Gasteiger partial charge in [0.05, 0.1) is 19.7 Å². The zero-order valence-corrected chi connectivity index (χ0v) is 18.1. The zero-order valence-electron chi connectivity index (χ0n) is 18.1. The number of halogens is 1. The lowest BCUT2D eigenvalue weighted by atomic mass is 10.0. The predicted octanol–water partition coefficient (Wildman–Crippen LogP) is 2.27. The van der Waals surface area contributed by atoms with E-state index in [9.17, 15) is 14.0 Å². The molecule has 1 atom stereocenters. The van der Waals surface area contributed by atoms with Crippen molar-refractivity contribution in [2.45, 2.75) is 25.9 Å². The van der Waals surface area contributed by atoms with E-state index in [-0.39, 0.29) is 24.1 Å². The third-order valence-corrected chi connectivity index (χ3v) is 5.58. The summed E-state index contributed by atoms with van der Waals surface area (Å²) in [4.78, 5) is 28.8. The second-order valence-electron chi connectivity index (χ2n) is 7.93. The van der Waals surface area contributed by atoms with Gasteiger partial charge in [0.1, 0.15) is 11.6 Å². The van der Waals surface area contributed by atoms with Crippen molar-refractivity contribution >= 4 is 11.7 Å². The van der Waals surface area contributed by atoms with E-state index in [0.717, 1.165) is 37.3 Å². The molecule has 6 nitrogen and oxygen atoms in total. The number of ketones is 1. The molecule has 2 aromatic carbocycles. The van der Waals surface area contributed by atoms with Crippen LogP contribution in [0.25, 0.3) is 0 Å². The SMILES string of the molecule is COc1ccc(F)cc1CN1CCN(CC(=O)N[C@H](Cc2ccccc2)C(C)=O)CC1. The maximum absolute atomic E-state index is 13.6. The Morgan fingerprint density at radius 3 is 2.39 bits per heavy atom. The van der Waals surface area contributed by atoms with Crippen LogP contribution in [-0.4, -0.2) is 67.4 Å². The average molecular weight is 428 g/mol. The molecule has 1 aliphatic heterocycles. The van der Waals surface area contributed by atoms with Crippen molar-refractivity contribution in [2.24, 2.45) is 0 Å². The molecule has 0 spiro atoms. The Hall–Kier alpha value is -2.77. The van der Waals surface area contributed by atoms with Gasteiger partial charge in [-0.25, -0.2) is 4.39 Å². The number of nitrogens with one attached hydrogen (secondary N) is 1. The summed E-state index contributed by atoms with van der Waals surface area (Å²) in [6, 6.07) is 13.7. The molecule has 7 heteroatoms. The fourth-order valence-corrected chi connectivity index (χ4v) is 3.81. The van der Waals surface area contributed by atoms with Gasteiger partial charge in [0.15, 0.2) is 5.78 Å². The van der Waals surface area contributed by atoms with E-state index in [1.807, 2.05) is 30.3 Å². The van der Waals surface area contributed by atoms with Crippen LogP contribution in [0.1, 0.15) is 18.1 Å². The van der Waals surface area contributed by atoms with Gasteiger partial charge in [-0.1, -0.05) is 30.3 Å². The highest BCUT2D eigenvalue weighted by molar-refractivity contribution is 5.88. The molecule has 1 fully saturated rings. The lowest BCUT2D eigenvalue weighted by Crippen LogP contribution is -2.51. The highest BCUT2D eigenvalue weighted by Crippen LogP contribution is 2.21. The number of hydrogen-bond acceptors (Lipinski definition) is 5. The Balaban J connectivity index is 1.47. The molecule has 0 radical (unpaired) electrons. The number of Topliss-reactive ketones (excluding diaryl/α,β-unsaturated/α-hetero) is 1. The van der Waals surface area contributed by atoms with Crippen molar-refractivity contribution in [3.8, 4) is 5.75 Å². The van der Waals surface area contributed by atoms with Crippen LogP contribution in [0, 0.1) is 5.82 Å². The van der Waals surface area contributed by atoms with Crippen molar-refractivity contribution in [3.05, 3.63) is 65.5 Å². The van der Waals surface area contributed by atoms with E-state index in [1.54, 1.807) is 13.2 Å². The molecule has 1 saturated heterocycles. The lowest BCUT2D eigenvalue weighted by molar-refractivity contribution is -0.127. The molecule has 31 heavy (non-hydrogen) atoms. The topological polar surface area (TPSA) is 61.9 Å². The van der Waals surface area contributed by atoms with E-state index in [4.69, 9.17) is 4.74 Å². The molecule has 2 aromatic rings. The Kier molecular flexibility index (Phi) is 8.14. The normalized spacial score (nSPS) is 16.0. The molecule has 0 aliphatic carbocycles. The summed E-state index contributed by atoms with van der Waals surface area (Å²) in [5, 5.41) is 2.88. The Morgan fingerprint density at radius 2 is 1.74 bits per heavy atom. The molecule has 1 aliphatic rings. The minimum absolute atomic E-state index is 0.0499. The zero-order chi connectivity index (χ0) is 22.2. The van der Waals surface area contributed by atoms with E-state index in [2.05, 4.69) is 15.1 Å². The van der Waals surface area contributed by atoms with Gasteiger partial charge in [-0.05, 0) is 37.1 Å². The number of nitrogens with zero attached hydrogens (tertiary/aromatic N) is 2. The summed E-state index contributed by atoms with van der Waals surface area (Å²) in [6.45, 7) is 5.37. The molecular formula is C24H30FN3O3. The van der Waals surface area contributed by atoms with E-state index >= 15 is 0 Å². The second-order valence-corrected chi connectivity index (χ2v) is 7.93. The summed E-state index contributed by atoms with van der Waals surface area (Å²) < 4.78 is 18.9. The van der Waals surface area contributed by atoms with Crippen LogP contribution < -0.4 is 10.1 Å². The quantitative estimate of drug-likeness (QED) is 0.665. The third kappa shape index (κ3) is 6.87. The summed E-state index contributed by atoms with van der Waals surface area (Å²) in [6.07, 6.45) is 0.491. The number of carbonyl (C=O) groups is 2. The largest absolute Gasteiger partial charge is 0.496 e. The van der Waals surface area contributed by atoms with Gasteiger partial charge in [-0.15, -0.1) is 0 Å². The van der Waals surface area contributed by atoms with Gasteiger partial charge < -0.3 is 10.1 Å². The Labute approximate surface area is 183 Å². The van der Waals surface area contributed by atoms with E-state index < -0.39 is 6.04 Å². The van der Waals surface area contributed by atoms with Gasteiger partial charge in [-0.3, -0.25) is 19.4 Å². The number of methoxy groups -OCH3 is 1. The lowest BCUT2D eigenvalue weighted by Gasteiger charge is -2.34. The molecule has 1 N–H and O–H groups in total. The molecule has 3 rings (SSSR count). The number of hydrogen-bond donors (Lipinski definition) is 1.